The van der Waals surface area contributed by atoms with Crippen LogP contribution in [0, 0.1) is 13.8 Å². The largest absolute Gasteiger partial charge is 0.444 e. The average molecular weight is 292 g/mol. The SMILES string of the molecule is Cc1cc(C)nc(N2CCC(NC(=O)OC(C)(C)C)C2)n1. The van der Waals surface area contributed by atoms with Crippen LogP contribution >= 0.6 is 0 Å². The van der Waals surface area contributed by atoms with Crippen molar-refractivity contribution in [2.75, 3.05) is 18.0 Å². The summed E-state index contributed by atoms with van der Waals surface area (Å²) in [5.41, 5.74) is 1.45. The van der Waals surface area contributed by atoms with Gasteiger partial charge < -0.3 is 15.0 Å². The van der Waals surface area contributed by atoms with Crippen LogP contribution in [0.25, 0.3) is 0 Å². The number of rotatable bonds is 2. The van der Waals surface area contributed by atoms with Crippen molar-refractivity contribution in [3.05, 3.63) is 17.5 Å². The molecule has 1 atom stereocenters. The fourth-order valence-corrected chi connectivity index (χ4v) is 2.38. The number of nitrogens with one attached hydrogen (secondary N) is 1. The van der Waals surface area contributed by atoms with Gasteiger partial charge in [0.05, 0.1) is 6.04 Å². The molecule has 1 aromatic heterocycles. The maximum absolute atomic E-state index is 11.8. The minimum absolute atomic E-state index is 0.0734. The van der Waals surface area contributed by atoms with E-state index in [2.05, 4.69) is 20.2 Å². The highest BCUT2D eigenvalue weighted by atomic mass is 16.6. The van der Waals surface area contributed by atoms with Crippen molar-refractivity contribution in [1.29, 1.82) is 0 Å². The summed E-state index contributed by atoms with van der Waals surface area (Å²) in [5, 5.41) is 2.91. The maximum Gasteiger partial charge on any atom is 0.407 e. The van der Waals surface area contributed by atoms with Crippen LogP contribution in [-0.2, 0) is 4.74 Å². The lowest BCUT2D eigenvalue weighted by atomic mass is 10.2. The van der Waals surface area contributed by atoms with E-state index in [1.807, 2.05) is 40.7 Å². The molecule has 1 saturated heterocycles. The molecule has 1 aromatic rings. The second-order valence-electron chi connectivity index (χ2n) is 6.53. The number of aryl methyl sites for hydroxylation is 2. The lowest BCUT2D eigenvalue weighted by Crippen LogP contribution is -2.40. The van der Waals surface area contributed by atoms with Crippen LogP contribution in [-0.4, -0.2) is 40.8 Å². The molecule has 1 aliphatic rings. The van der Waals surface area contributed by atoms with Crippen LogP contribution < -0.4 is 10.2 Å². The van der Waals surface area contributed by atoms with E-state index in [1.54, 1.807) is 0 Å². The Balaban J connectivity index is 1.93. The van der Waals surface area contributed by atoms with Gasteiger partial charge in [-0.3, -0.25) is 0 Å². The van der Waals surface area contributed by atoms with Crippen molar-refractivity contribution in [2.45, 2.75) is 52.7 Å². The van der Waals surface area contributed by atoms with E-state index in [1.165, 1.54) is 0 Å². The van der Waals surface area contributed by atoms with E-state index < -0.39 is 5.60 Å². The molecule has 1 fully saturated rings. The molecule has 2 rings (SSSR count). The molecule has 1 unspecified atom stereocenters. The molecule has 6 nitrogen and oxygen atoms in total. The number of anilines is 1. The van der Waals surface area contributed by atoms with Crippen LogP contribution in [0.4, 0.5) is 10.7 Å². The highest BCUT2D eigenvalue weighted by Crippen LogP contribution is 2.17. The van der Waals surface area contributed by atoms with E-state index in [4.69, 9.17) is 4.74 Å². The number of alkyl carbamates (subject to hydrolysis) is 1. The number of carbonyl (C=O) groups is 1. The molecule has 0 aromatic carbocycles. The first kappa shape index (κ1) is 15.5. The summed E-state index contributed by atoms with van der Waals surface area (Å²) in [4.78, 5) is 22.8. The summed E-state index contributed by atoms with van der Waals surface area (Å²) in [6.07, 6.45) is 0.506. The minimum Gasteiger partial charge on any atom is -0.444 e. The normalized spacial score (nSPS) is 18.7. The van der Waals surface area contributed by atoms with Gasteiger partial charge in [-0.25, -0.2) is 14.8 Å². The lowest BCUT2D eigenvalue weighted by Gasteiger charge is -2.22. The number of hydrogen-bond acceptors (Lipinski definition) is 5. The van der Waals surface area contributed by atoms with Gasteiger partial charge in [0.2, 0.25) is 5.95 Å². The average Bonchev–Trinajstić information content (AvgIpc) is 2.73. The smallest absolute Gasteiger partial charge is 0.407 e. The standard InChI is InChI=1S/C15H24N4O2/c1-10-8-11(2)17-13(16-10)19-7-6-12(9-19)18-14(20)21-15(3,4)5/h8,12H,6-7,9H2,1-5H3,(H,18,20). The van der Waals surface area contributed by atoms with Gasteiger partial charge in [-0.1, -0.05) is 0 Å². The molecule has 1 amide bonds. The highest BCUT2D eigenvalue weighted by Gasteiger charge is 2.27. The molecule has 0 spiro atoms. The Morgan fingerprint density at radius 1 is 1.33 bits per heavy atom. The van der Waals surface area contributed by atoms with E-state index in [-0.39, 0.29) is 12.1 Å². The lowest BCUT2D eigenvalue weighted by molar-refractivity contribution is 0.0509. The summed E-state index contributed by atoms with van der Waals surface area (Å²) < 4.78 is 5.28. The molecular weight excluding hydrogens is 268 g/mol. The monoisotopic (exact) mass is 292 g/mol. The summed E-state index contributed by atoms with van der Waals surface area (Å²) in [5.74, 6) is 0.737. The molecule has 0 aliphatic carbocycles. The van der Waals surface area contributed by atoms with Crippen molar-refractivity contribution in [1.82, 2.24) is 15.3 Å². The van der Waals surface area contributed by atoms with Gasteiger partial charge in [-0.05, 0) is 47.1 Å². The van der Waals surface area contributed by atoms with Gasteiger partial charge in [-0.15, -0.1) is 0 Å². The molecule has 0 saturated carbocycles. The predicted molar refractivity (Wildman–Crippen MR) is 81.5 cm³/mol. The van der Waals surface area contributed by atoms with Crippen molar-refractivity contribution in [3.8, 4) is 0 Å². The summed E-state index contributed by atoms with van der Waals surface area (Å²) in [7, 11) is 0. The van der Waals surface area contributed by atoms with Crippen molar-refractivity contribution >= 4 is 12.0 Å². The third-order valence-corrected chi connectivity index (χ3v) is 3.16. The highest BCUT2D eigenvalue weighted by molar-refractivity contribution is 5.68. The Kier molecular flexibility index (Phi) is 4.34. The first-order valence-electron chi connectivity index (χ1n) is 7.30. The van der Waals surface area contributed by atoms with Gasteiger partial charge in [0.1, 0.15) is 5.60 Å². The van der Waals surface area contributed by atoms with Gasteiger partial charge in [-0.2, -0.15) is 0 Å². The zero-order valence-corrected chi connectivity index (χ0v) is 13.4. The number of carbonyl (C=O) groups excluding carboxylic acids is 1. The quantitative estimate of drug-likeness (QED) is 0.905. The van der Waals surface area contributed by atoms with Gasteiger partial charge in [0.15, 0.2) is 0 Å². The number of hydrogen-bond donors (Lipinski definition) is 1. The molecule has 2 heterocycles. The van der Waals surface area contributed by atoms with Crippen LogP contribution in [0.5, 0.6) is 0 Å². The van der Waals surface area contributed by atoms with Crippen molar-refractivity contribution in [3.63, 3.8) is 0 Å². The second-order valence-corrected chi connectivity index (χ2v) is 6.53. The van der Waals surface area contributed by atoms with Crippen molar-refractivity contribution in [2.24, 2.45) is 0 Å². The van der Waals surface area contributed by atoms with E-state index in [0.29, 0.717) is 6.54 Å². The number of nitrogens with zero attached hydrogens (tertiary/aromatic N) is 3. The topological polar surface area (TPSA) is 67.4 Å². The van der Waals surface area contributed by atoms with Crippen LogP contribution in [0.15, 0.2) is 6.07 Å². The summed E-state index contributed by atoms with van der Waals surface area (Å²) in [6, 6.07) is 2.03. The van der Waals surface area contributed by atoms with Gasteiger partial charge in [0.25, 0.3) is 0 Å². The minimum atomic E-state index is -0.473. The molecular formula is C15H24N4O2. The Morgan fingerprint density at radius 3 is 2.52 bits per heavy atom. The molecule has 0 radical (unpaired) electrons. The molecule has 0 bridgehead atoms. The number of ether oxygens (including phenoxy) is 1. The van der Waals surface area contributed by atoms with Crippen LogP contribution in [0.1, 0.15) is 38.6 Å². The van der Waals surface area contributed by atoms with Crippen LogP contribution in [0.2, 0.25) is 0 Å². The third kappa shape index (κ3) is 4.58. The fraction of sp³-hybridized carbons (Fsp3) is 0.667. The third-order valence-electron chi connectivity index (χ3n) is 3.16. The van der Waals surface area contributed by atoms with E-state index in [9.17, 15) is 4.79 Å². The Labute approximate surface area is 125 Å². The second kappa shape index (κ2) is 5.87. The van der Waals surface area contributed by atoms with Gasteiger partial charge >= 0.3 is 6.09 Å². The van der Waals surface area contributed by atoms with Gasteiger partial charge in [0, 0.05) is 24.5 Å². The molecule has 6 heteroatoms. The number of aromatic nitrogens is 2. The Hall–Kier alpha value is -1.85. The fourth-order valence-electron chi connectivity index (χ4n) is 2.38. The zero-order valence-electron chi connectivity index (χ0n) is 13.4. The Bertz CT molecular complexity index is 505. The van der Waals surface area contributed by atoms with E-state index >= 15 is 0 Å². The molecule has 21 heavy (non-hydrogen) atoms. The molecule has 1 N–H and O–H groups in total. The number of amides is 1. The first-order valence-corrected chi connectivity index (χ1v) is 7.30. The Morgan fingerprint density at radius 2 is 1.95 bits per heavy atom. The van der Waals surface area contributed by atoms with E-state index in [0.717, 1.165) is 30.3 Å². The molecule has 1 aliphatic heterocycles. The molecule has 116 valence electrons. The predicted octanol–water partition coefficient (Wildman–Crippen LogP) is 2.20. The first-order chi connectivity index (χ1) is 9.73. The maximum atomic E-state index is 11.8. The van der Waals surface area contributed by atoms with Crippen LogP contribution in [0.3, 0.4) is 0 Å². The summed E-state index contributed by atoms with van der Waals surface area (Å²) in [6.45, 7) is 11.0. The zero-order chi connectivity index (χ0) is 15.6. The van der Waals surface area contributed by atoms with Crippen molar-refractivity contribution < 1.29 is 9.53 Å². The summed E-state index contributed by atoms with van der Waals surface area (Å²) >= 11 is 0.